The highest BCUT2D eigenvalue weighted by molar-refractivity contribution is 9.10. The Kier molecular flexibility index (Phi) is 5.30. The molecule has 6 heteroatoms. The highest BCUT2D eigenvalue weighted by atomic mass is 79.9. The van der Waals surface area contributed by atoms with Gasteiger partial charge in [-0.1, -0.05) is 17.5 Å². The molecule has 19 heavy (non-hydrogen) atoms. The first-order valence-corrected chi connectivity index (χ1v) is 7.64. The van der Waals surface area contributed by atoms with E-state index in [0.717, 1.165) is 28.1 Å². The number of aromatic nitrogens is 2. The fraction of sp³-hybridized carbons (Fsp3) is 0.385. The Labute approximate surface area is 125 Å². The second-order valence-electron chi connectivity index (χ2n) is 4.10. The van der Waals surface area contributed by atoms with Gasteiger partial charge in [-0.3, -0.25) is 0 Å². The summed E-state index contributed by atoms with van der Waals surface area (Å²) < 4.78 is 10.2. The number of ether oxygens (including phenoxy) is 1. The Balaban J connectivity index is 2.15. The molecule has 2 aromatic rings. The third-order valence-electron chi connectivity index (χ3n) is 2.83. The van der Waals surface area contributed by atoms with Gasteiger partial charge < -0.3 is 10.1 Å². The Morgan fingerprint density at radius 3 is 2.89 bits per heavy atom. The average Bonchev–Trinajstić information content (AvgIpc) is 2.92. The Morgan fingerprint density at radius 1 is 1.47 bits per heavy atom. The van der Waals surface area contributed by atoms with Crippen LogP contribution in [-0.2, 0) is 6.42 Å². The van der Waals surface area contributed by atoms with E-state index in [-0.39, 0.29) is 6.04 Å². The van der Waals surface area contributed by atoms with Gasteiger partial charge in [0.25, 0.3) is 0 Å². The highest BCUT2D eigenvalue weighted by Crippen LogP contribution is 2.28. The third-order valence-corrected chi connectivity index (χ3v) is 4.22. The average molecular weight is 342 g/mol. The van der Waals surface area contributed by atoms with Gasteiger partial charge in [0.1, 0.15) is 5.75 Å². The maximum absolute atomic E-state index is 5.24. The second kappa shape index (κ2) is 6.98. The minimum Gasteiger partial charge on any atom is -0.496 e. The normalized spacial score (nSPS) is 12.4. The Hall–Kier alpha value is -0.980. The molecule has 0 aliphatic carbocycles. The van der Waals surface area contributed by atoms with Crippen LogP contribution in [0.25, 0.3) is 0 Å². The minimum absolute atomic E-state index is 0.255. The first-order chi connectivity index (χ1) is 9.24. The maximum Gasteiger partial charge on any atom is 0.133 e. The second-order valence-corrected chi connectivity index (χ2v) is 5.77. The molecule has 2 rings (SSSR count). The summed E-state index contributed by atoms with van der Waals surface area (Å²) >= 11 is 4.96. The fourth-order valence-corrected chi connectivity index (χ4v) is 3.09. The molecule has 0 radical (unpaired) electrons. The molecule has 0 saturated heterocycles. The van der Waals surface area contributed by atoms with Crippen molar-refractivity contribution in [1.29, 1.82) is 0 Å². The van der Waals surface area contributed by atoms with Crippen molar-refractivity contribution in [2.75, 3.05) is 13.7 Å². The molecule has 0 aliphatic rings. The first-order valence-electron chi connectivity index (χ1n) is 6.07. The number of halogens is 1. The van der Waals surface area contributed by atoms with Gasteiger partial charge in [0.2, 0.25) is 0 Å². The van der Waals surface area contributed by atoms with E-state index in [9.17, 15) is 0 Å². The van der Waals surface area contributed by atoms with Crippen LogP contribution in [0.4, 0.5) is 0 Å². The van der Waals surface area contributed by atoms with Gasteiger partial charge in [-0.15, -0.1) is 5.10 Å². The lowest BCUT2D eigenvalue weighted by molar-refractivity contribution is 0.412. The Bertz CT molecular complexity index is 519. The van der Waals surface area contributed by atoms with Crippen molar-refractivity contribution < 1.29 is 4.74 Å². The zero-order valence-electron chi connectivity index (χ0n) is 10.9. The van der Waals surface area contributed by atoms with Crippen LogP contribution in [0.5, 0.6) is 5.75 Å². The van der Waals surface area contributed by atoms with Crippen molar-refractivity contribution in [1.82, 2.24) is 14.9 Å². The number of hydrogen-bond acceptors (Lipinski definition) is 5. The van der Waals surface area contributed by atoms with E-state index in [1.54, 1.807) is 7.11 Å². The van der Waals surface area contributed by atoms with E-state index < -0.39 is 0 Å². The minimum atomic E-state index is 0.255. The largest absolute Gasteiger partial charge is 0.496 e. The molecule has 1 aromatic carbocycles. The van der Waals surface area contributed by atoms with E-state index in [1.165, 1.54) is 17.1 Å². The number of likely N-dealkylation sites (N-methyl/N-ethyl adjacent to an activating group) is 1. The van der Waals surface area contributed by atoms with E-state index >= 15 is 0 Å². The summed E-state index contributed by atoms with van der Waals surface area (Å²) in [7, 11) is 1.67. The lowest BCUT2D eigenvalue weighted by Crippen LogP contribution is -2.22. The van der Waals surface area contributed by atoms with E-state index in [4.69, 9.17) is 4.74 Å². The zero-order valence-corrected chi connectivity index (χ0v) is 13.3. The summed E-state index contributed by atoms with van der Waals surface area (Å²) in [5.74, 6) is 0.850. The van der Waals surface area contributed by atoms with Crippen LogP contribution in [0.2, 0.25) is 0 Å². The fourth-order valence-electron chi connectivity index (χ4n) is 1.92. The molecule has 1 unspecified atom stereocenters. The lowest BCUT2D eigenvalue weighted by Gasteiger charge is -2.16. The van der Waals surface area contributed by atoms with E-state index in [1.807, 2.05) is 12.3 Å². The van der Waals surface area contributed by atoms with Gasteiger partial charge in [0, 0.05) is 6.04 Å². The van der Waals surface area contributed by atoms with Crippen molar-refractivity contribution in [3.8, 4) is 5.75 Å². The molecule has 0 aliphatic heterocycles. The van der Waals surface area contributed by atoms with Gasteiger partial charge in [-0.25, -0.2) is 0 Å². The molecule has 0 saturated carbocycles. The lowest BCUT2D eigenvalue weighted by atomic mass is 10.0. The van der Waals surface area contributed by atoms with Crippen LogP contribution < -0.4 is 10.1 Å². The van der Waals surface area contributed by atoms with E-state index in [0.29, 0.717) is 0 Å². The van der Waals surface area contributed by atoms with Gasteiger partial charge >= 0.3 is 0 Å². The van der Waals surface area contributed by atoms with Crippen molar-refractivity contribution in [3.05, 3.63) is 39.3 Å². The Morgan fingerprint density at radius 2 is 2.32 bits per heavy atom. The van der Waals surface area contributed by atoms with Gasteiger partial charge in [0.05, 0.1) is 22.7 Å². The molecule has 0 fully saturated rings. The summed E-state index contributed by atoms with van der Waals surface area (Å²) in [5.41, 5.74) is 1.24. The topological polar surface area (TPSA) is 47.0 Å². The number of nitrogens with zero attached hydrogens (tertiary/aromatic N) is 2. The molecule has 0 bridgehead atoms. The standard InChI is InChI=1S/C13H16BrN3OS/c1-3-15-11(13-8-16-17-19-13)7-9-4-5-12(18-2)10(14)6-9/h4-6,8,11,15H,3,7H2,1-2H3. The molecule has 1 N–H and O–H groups in total. The summed E-state index contributed by atoms with van der Waals surface area (Å²) in [5, 5.41) is 7.38. The van der Waals surface area contributed by atoms with E-state index in [2.05, 4.69) is 49.9 Å². The summed E-state index contributed by atoms with van der Waals surface area (Å²) in [6.07, 6.45) is 2.73. The quantitative estimate of drug-likeness (QED) is 0.876. The molecule has 102 valence electrons. The predicted molar refractivity (Wildman–Crippen MR) is 80.7 cm³/mol. The molecular weight excluding hydrogens is 326 g/mol. The van der Waals surface area contributed by atoms with Gasteiger partial charge in [-0.05, 0) is 58.1 Å². The maximum atomic E-state index is 5.24. The zero-order chi connectivity index (χ0) is 13.7. The number of rotatable bonds is 6. The van der Waals surface area contributed by atoms with Crippen LogP contribution in [0.1, 0.15) is 23.4 Å². The predicted octanol–water partition coefficient (Wildman–Crippen LogP) is 3.20. The third kappa shape index (κ3) is 3.75. The number of methoxy groups -OCH3 is 1. The van der Waals surface area contributed by atoms with Crippen LogP contribution in [0.15, 0.2) is 28.9 Å². The molecule has 0 amide bonds. The van der Waals surface area contributed by atoms with Crippen LogP contribution in [-0.4, -0.2) is 23.2 Å². The van der Waals surface area contributed by atoms with Gasteiger partial charge in [-0.2, -0.15) is 0 Å². The van der Waals surface area contributed by atoms with Gasteiger partial charge in [0.15, 0.2) is 0 Å². The summed E-state index contributed by atoms with van der Waals surface area (Å²) in [6, 6.07) is 6.42. The van der Waals surface area contributed by atoms with Crippen molar-refractivity contribution >= 4 is 27.5 Å². The first kappa shape index (κ1) is 14.4. The number of hydrogen-bond donors (Lipinski definition) is 1. The number of nitrogens with one attached hydrogen (secondary N) is 1. The van der Waals surface area contributed by atoms with Crippen LogP contribution >= 0.6 is 27.5 Å². The highest BCUT2D eigenvalue weighted by Gasteiger charge is 2.14. The van der Waals surface area contributed by atoms with Crippen LogP contribution in [0, 0.1) is 0 Å². The molecular formula is C13H16BrN3OS. The molecule has 1 aromatic heterocycles. The SMILES string of the molecule is CCNC(Cc1ccc(OC)c(Br)c1)c1cnns1. The molecule has 4 nitrogen and oxygen atoms in total. The van der Waals surface area contributed by atoms with Crippen molar-refractivity contribution in [2.45, 2.75) is 19.4 Å². The molecule has 1 atom stereocenters. The van der Waals surface area contributed by atoms with Crippen molar-refractivity contribution in [2.24, 2.45) is 0 Å². The summed E-state index contributed by atoms with van der Waals surface area (Å²) in [6.45, 7) is 3.02. The monoisotopic (exact) mass is 341 g/mol. The number of benzene rings is 1. The smallest absolute Gasteiger partial charge is 0.133 e. The molecule has 0 spiro atoms. The molecule has 1 heterocycles. The summed E-state index contributed by atoms with van der Waals surface area (Å²) in [4.78, 5) is 1.16. The van der Waals surface area contributed by atoms with Crippen LogP contribution in [0.3, 0.4) is 0 Å². The van der Waals surface area contributed by atoms with Crippen molar-refractivity contribution in [3.63, 3.8) is 0 Å².